The number of ether oxygens (including phenoxy) is 1. The van der Waals surface area contributed by atoms with Crippen LogP contribution in [0.1, 0.15) is 52.9 Å². The Morgan fingerprint density at radius 3 is 1.94 bits per heavy atom. The Labute approximate surface area is 195 Å². The average molecular weight is 494 g/mol. The van der Waals surface area contributed by atoms with Crippen LogP contribution in [-0.2, 0) is 36.1 Å². The van der Waals surface area contributed by atoms with Gasteiger partial charge >= 0.3 is 17.6 Å². The van der Waals surface area contributed by atoms with Crippen molar-refractivity contribution in [1.82, 2.24) is 0 Å². The van der Waals surface area contributed by atoms with Crippen molar-refractivity contribution in [1.29, 1.82) is 0 Å². The molecule has 1 aliphatic heterocycles. The van der Waals surface area contributed by atoms with E-state index in [0.29, 0.717) is 44.6 Å². The fourth-order valence-corrected chi connectivity index (χ4v) is 8.58. The molecule has 1 heterocycles. The number of isocyanates is 1. The van der Waals surface area contributed by atoms with Crippen LogP contribution in [0.15, 0.2) is 4.99 Å². The second-order valence-corrected chi connectivity index (χ2v) is 13.6. The molecule has 0 aromatic heterocycles. The van der Waals surface area contributed by atoms with Gasteiger partial charge in [-0.2, -0.15) is 0 Å². The van der Waals surface area contributed by atoms with Crippen LogP contribution in [0, 0.1) is 5.92 Å². The largest absolute Gasteiger partial charge is 0.500 e. The summed E-state index contributed by atoms with van der Waals surface area (Å²) in [6, 6.07) is 1.60. The van der Waals surface area contributed by atoms with Gasteiger partial charge in [0, 0.05) is 53.2 Å². The summed E-state index contributed by atoms with van der Waals surface area (Å²) >= 11 is 0. The molecule has 2 aliphatic rings. The molecule has 3 atom stereocenters. The Hall–Kier alpha value is -0.466. The summed E-state index contributed by atoms with van der Waals surface area (Å²) in [6.45, 7) is 7.93. The van der Waals surface area contributed by atoms with Gasteiger partial charge in [0.25, 0.3) is 0 Å². The smallest absolute Gasteiger partial charge is 0.377 e. The van der Waals surface area contributed by atoms with Crippen molar-refractivity contribution in [3.63, 3.8) is 0 Å². The first-order valence-electron chi connectivity index (χ1n) is 11.7. The summed E-state index contributed by atoms with van der Waals surface area (Å²) in [4.78, 5) is 13.4. The maximum absolute atomic E-state index is 9.93. The van der Waals surface area contributed by atoms with E-state index in [1.54, 1.807) is 21.3 Å². The minimum absolute atomic E-state index is 0.450. The molecule has 0 spiro atoms. The summed E-state index contributed by atoms with van der Waals surface area (Å²) in [7, 11) is 0.156. The first-order chi connectivity index (χ1) is 15.5. The summed E-state index contributed by atoms with van der Waals surface area (Å²) in [5.41, 5.74) is 0. The highest BCUT2D eigenvalue weighted by molar-refractivity contribution is 6.61. The molecule has 2 fully saturated rings. The van der Waals surface area contributed by atoms with Crippen LogP contribution in [0.5, 0.6) is 0 Å². The Morgan fingerprint density at radius 2 is 1.47 bits per heavy atom. The van der Waals surface area contributed by atoms with Crippen molar-refractivity contribution in [2.45, 2.75) is 77.2 Å². The number of aliphatic imine (C=N–C) groups is 1. The molecule has 1 saturated heterocycles. The first kappa shape index (κ1) is 29.6. The van der Waals surface area contributed by atoms with E-state index in [9.17, 15) is 4.79 Å². The predicted molar refractivity (Wildman–Crippen MR) is 125 cm³/mol. The lowest BCUT2D eigenvalue weighted by Gasteiger charge is -2.28. The molecule has 188 valence electrons. The van der Waals surface area contributed by atoms with E-state index in [-0.39, 0.29) is 0 Å². The topological polar surface area (TPSA) is 97.3 Å². The maximum atomic E-state index is 9.93. The van der Waals surface area contributed by atoms with Crippen molar-refractivity contribution in [2.24, 2.45) is 10.9 Å². The highest BCUT2D eigenvalue weighted by Gasteiger charge is 2.45. The fourth-order valence-electron chi connectivity index (χ4n) is 4.11. The van der Waals surface area contributed by atoms with Crippen LogP contribution in [-0.4, -0.2) is 83.6 Å². The molecule has 0 radical (unpaired) electrons. The average Bonchev–Trinajstić information content (AvgIpc) is 3.58. The first-order valence-corrected chi connectivity index (χ1v) is 15.6. The molecule has 0 aromatic rings. The van der Waals surface area contributed by atoms with Gasteiger partial charge in [-0.25, -0.2) is 9.79 Å². The van der Waals surface area contributed by atoms with Crippen molar-refractivity contribution in [2.75, 3.05) is 47.7 Å². The van der Waals surface area contributed by atoms with Crippen LogP contribution in [0.2, 0.25) is 12.1 Å². The number of hydrogen-bond donors (Lipinski definition) is 0. The number of epoxide rings is 1. The lowest BCUT2D eigenvalue weighted by molar-refractivity contribution is 0.0710. The molecule has 0 bridgehead atoms. The Balaban J connectivity index is 0.000000320. The maximum Gasteiger partial charge on any atom is 0.500 e. The van der Waals surface area contributed by atoms with E-state index in [1.165, 1.54) is 25.3 Å². The zero-order valence-electron chi connectivity index (χ0n) is 20.7. The molecular formula is C21H43NO8Si2. The highest BCUT2D eigenvalue weighted by atomic mass is 28.4. The Morgan fingerprint density at radius 1 is 0.875 bits per heavy atom. The van der Waals surface area contributed by atoms with Crippen molar-refractivity contribution < 1.29 is 36.1 Å². The van der Waals surface area contributed by atoms with Crippen molar-refractivity contribution >= 4 is 23.7 Å². The second kappa shape index (κ2) is 16.2. The molecular weight excluding hydrogens is 450 g/mol. The van der Waals surface area contributed by atoms with Gasteiger partial charge in [-0.3, -0.25) is 0 Å². The van der Waals surface area contributed by atoms with E-state index >= 15 is 0 Å². The van der Waals surface area contributed by atoms with Crippen molar-refractivity contribution in [3.8, 4) is 0 Å². The highest BCUT2D eigenvalue weighted by Crippen LogP contribution is 2.41. The number of hydrogen-bond acceptors (Lipinski definition) is 9. The van der Waals surface area contributed by atoms with E-state index in [0.717, 1.165) is 24.8 Å². The summed E-state index contributed by atoms with van der Waals surface area (Å²) < 4.78 is 38.8. The summed E-state index contributed by atoms with van der Waals surface area (Å²) in [5.74, 6) is 0.760. The number of rotatable bonds is 16. The lowest BCUT2D eigenvalue weighted by Crippen LogP contribution is -2.46. The quantitative estimate of drug-likeness (QED) is 0.106. The zero-order valence-corrected chi connectivity index (χ0v) is 22.7. The van der Waals surface area contributed by atoms with Crippen molar-refractivity contribution in [3.05, 3.63) is 0 Å². The molecule has 0 amide bonds. The fraction of sp³-hybridized carbons (Fsp3) is 0.952. The van der Waals surface area contributed by atoms with E-state index in [4.69, 9.17) is 31.3 Å². The van der Waals surface area contributed by atoms with Gasteiger partial charge in [0.2, 0.25) is 6.08 Å². The van der Waals surface area contributed by atoms with Crippen LogP contribution in [0.25, 0.3) is 0 Å². The molecule has 0 N–H and O–H groups in total. The minimum Gasteiger partial charge on any atom is -0.377 e. The summed E-state index contributed by atoms with van der Waals surface area (Å²) in [5, 5.41) is 0. The summed E-state index contributed by atoms with van der Waals surface area (Å²) in [6.07, 6.45) is 8.25. The molecule has 32 heavy (non-hydrogen) atoms. The molecule has 0 aromatic carbocycles. The normalized spacial score (nSPS) is 22.4. The molecule has 2 rings (SSSR count). The van der Waals surface area contributed by atoms with E-state index in [1.807, 2.05) is 20.8 Å². The molecule has 9 nitrogen and oxygen atoms in total. The SMILES string of the molecule is CCO[Si](CCCN=C=O)(OCC)OCC.CO[Si](CCC1CCC2OC2C1)(OC)OC. The monoisotopic (exact) mass is 493 g/mol. The van der Waals surface area contributed by atoms with Gasteiger partial charge in [0.05, 0.1) is 18.8 Å². The Kier molecular flexibility index (Phi) is 15.0. The van der Waals surface area contributed by atoms with Crippen LogP contribution in [0.4, 0.5) is 0 Å². The van der Waals surface area contributed by atoms with Gasteiger partial charge in [-0.15, -0.1) is 0 Å². The minimum atomic E-state index is -2.54. The predicted octanol–water partition coefficient (Wildman–Crippen LogP) is 3.58. The van der Waals surface area contributed by atoms with Gasteiger partial charge in [0.1, 0.15) is 0 Å². The van der Waals surface area contributed by atoms with Gasteiger partial charge in [-0.1, -0.05) is 0 Å². The zero-order chi connectivity index (χ0) is 23.9. The van der Waals surface area contributed by atoms with Crippen LogP contribution < -0.4 is 0 Å². The molecule has 1 saturated carbocycles. The molecule has 3 unspecified atom stereocenters. The second-order valence-electron chi connectivity index (χ2n) is 7.78. The number of carbonyl (C=O) groups excluding carboxylic acids is 1. The molecule has 11 heteroatoms. The Bertz CT molecular complexity index is 521. The van der Waals surface area contributed by atoms with Gasteiger partial charge in [-0.05, 0) is 58.8 Å². The number of nitrogens with zero attached hydrogens (tertiary/aromatic N) is 1. The van der Waals surface area contributed by atoms with E-state index in [2.05, 4.69) is 4.99 Å². The molecule has 1 aliphatic carbocycles. The van der Waals surface area contributed by atoms with Gasteiger partial charge < -0.3 is 31.3 Å². The van der Waals surface area contributed by atoms with Crippen LogP contribution >= 0.6 is 0 Å². The third-order valence-corrected chi connectivity index (χ3v) is 11.7. The third-order valence-electron chi connectivity index (χ3n) is 5.81. The third kappa shape index (κ3) is 10.2. The lowest BCUT2D eigenvalue weighted by atomic mass is 9.88. The van der Waals surface area contributed by atoms with E-state index < -0.39 is 17.6 Å². The van der Waals surface area contributed by atoms with Gasteiger partial charge in [0.15, 0.2) is 0 Å². The number of fused-ring (bicyclic) bond motifs is 1. The van der Waals surface area contributed by atoms with Crippen LogP contribution in [0.3, 0.4) is 0 Å². The standard InChI is InChI=1S/C11H22O4Si.C10H21NO4Si/c1-12-16(13-2,14-3)7-6-9-4-5-10-11(8-9)15-10;1-4-13-16(14-5-2,15-6-3)9-7-8-11-10-12/h9-11H,4-8H2,1-3H3;4-9H2,1-3H3.